The zero-order valence-corrected chi connectivity index (χ0v) is 12.8. The van der Waals surface area contributed by atoms with Gasteiger partial charge in [0, 0.05) is 18.1 Å². The summed E-state index contributed by atoms with van der Waals surface area (Å²) in [6, 6.07) is 13.0. The van der Waals surface area contributed by atoms with Crippen LogP contribution in [0, 0.1) is 5.82 Å². The van der Waals surface area contributed by atoms with Gasteiger partial charge in [-0.15, -0.1) is 0 Å². The summed E-state index contributed by atoms with van der Waals surface area (Å²) in [6.07, 6.45) is 3.58. The minimum atomic E-state index is -0.479. The van der Waals surface area contributed by atoms with Gasteiger partial charge in [-0.05, 0) is 42.0 Å². The Hall–Kier alpha value is -2.66. The van der Waals surface area contributed by atoms with Crippen molar-refractivity contribution in [2.45, 2.75) is 6.54 Å². The number of amides is 1. The highest BCUT2D eigenvalue weighted by Gasteiger charge is 2.11. The molecule has 116 valence electrons. The van der Waals surface area contributed by atoms with Crippen LogP contribution in [0.1, 0.15) is 15.9 Å². The summed E-state index contributed by atoms with van der Waals surface area (Å²) in [5, 5.41) is 6.99. The number of benzene rings is 2. The standard InChI is InChI=1S/C17H13ClFN3O/c18-16-10-13(19)5-6-15(16)17(23)21-14-4-1-3-12(9-14)11-22-8-2-7-20-22/h1-10H,11H2,(H,21,23). The number of rotatable bonds is 4. The summed E-state index contributed by atoms with van der Waals surface area (Å²) in [5.41, 5.74) is 1.86. The molecule has 1 aromatic heterocycles. The Labute approximate surface area is 137 Å². The number of halogens is 2. The molecule has 0 unspecified atom stereocenters. The van der Waals surface area contributed by atoms with E-state index < -0.39 is 5.82 Å². The van der Waals surface area contributed by atoms with E-state index in [2.05, 4.69) is 10.4 Å². The van der Waals surface area contributed by atoms with E-state index in [1.165, 1.54) is 12.1 Å². The summed E-state index contributed by atoms with van der Waals surface area (Å²) in [7, 11) is 0. The number of hydrogen-bond acceptors (Lipinski definition) is 2. The van der Waals surface area contributed by atoms with Gasteiger partial charge in [0.2, 0.25) is 0 Å². The summed E-state index contributed by atoms with van der Waals surface area (Å²) in [4.78, 5) is 12.2. The second-order valence-corrected chi connectivity index (χ2v) is 5.39. The molecule has 0 radical (unpaired) electrons. The maximum atomic E-state index is 13.0. The lowest BCUT2D eigenvalue weighted by molar-refractivity contribution is 0.102. The van der Waals surface area contributed by atoms with Crippen molar-refractivity contribution in [2.24, 2.45) is 0 Å². The number of carbonyl (C=O) groups is 1. The first-order valence-electron chi connectivity index (χ1n) is 6.94. The lowest BCUT2D eigenvalue weighted by atomic mass is 10.1. The summed E-state index contributed by atoms with van der Waals surface area (Å²) >= 11 is 5.90. The molecule has 1 amide bonds. The fraction of sp³-hybridized carbons (Fsp3) is 0.0588. The van der Waals surface area contributed by atoms with Crippen molar-refractivity contribution in [3.8, 4) is 0 Å². The van der Waals surface area contributed by atoms with Gasteiger partial charge in [0.05, 0.1) is 17.1 Å². The third-order valence-electron chi connectivity index (χ3n) is 3.26. The molecule has 0 fully saturated rings. The maximum absolute atomic E-state index is 13.0. The van der Waals surface area contributed by atoms with Gasteiger partial charge in [0.1, 0.15) is 5.82 Å². The molecule has 0 bridgehead atoms. The Kier molecular flexibility index (Phi) is 4.39. The van der Waals surface area contributed by atoms with Crippen molar-refractivity contribution in [1.29, 1.82) is 0 Å². The van der Waals surface area contributed by atoms with Crippen LogP contribution < -0.4 is 5.32 Å². The van der Waals surface area contributed by atoms with Gasteiger partial charge in [-0.3, -0.25) is 9.48 Å². The van der Waals surface area contributed by atoms with Crippen LogP contribution in [-0.4, -0.2) is 15.7 Å². The molecular formula is C17H13ClFN3O. The van der Waals surface area contributed by atoms with Crippen LogP contribution in [0.3, 0.4) is 0 Å². The molecule has 0 aliphatic rings. The Bertz CT molecular complexity index is 834. The molecule has 0 aliphatic heterocycles. The molecule has 0 saturated heterocycles. The molecule has 2 aromatic carbocycles. The monoisotopic (exact) mass is 329 g/mol. The van der Waals surface area contributed by atoms with Gasteiger partial charge in [-0.25, -0.2) is 4.39 Å². The molecular weight excluding hydrogens is 317 g/mol. The topological polar surface area (TPSA) is 46.9 Å². The van der Waals surface area contributed by atoms with E-state index >= 15 is 0 Å². The van der Waals surface area contributed by atoms with E-state index in [-0.39, 0.29) is 16.5 Å². The minimum Gasteiger partial charge on any atom is -0.322 e. The molecule has 1 heterocycles. The molecule has 0 aliphatic carbocycles. The van der Waals surface area contributed by atoms with Gasteiger partial charge in [0.15, 0.2) is 0 Å². The van der Waals surface area contributed by atoms with Gasteiger partial charge in [0.25, 0.3) is 5.91 Å². The maximum Gasteiger partial charge on any atom is 0.257 e. The Morgan fingerprint density at radius 1 is 1.22 bits per heavy atom. The predicted octanol–water partition coefficient (Wildman–Crippen LogP) is 3.98. The van der Waals surface area contributed by atoms with Crippen LogP contribution in [-0.2, 0) is 6.54 Å². The Balaban J connectivity index is 1.76. The zero-order valence-electron chi connectivity index (χ0n) is 12.0. The average molecular weight is 330 g/mol. The number of anilines is 1. The van der Waals surface area contributed by atoms with E-state index in [0.29, 0.717) is 12.2 Å². The highest BCUT2D eigenvalue weighted by atomic mass is 35.5. The first-order chi connectivity index (χ1) is 11.1. The smallest absolute Gasteiger partial charge is 0.257 e. The van der Waals surface area contributed by atoms with Crippen LogP contribution in [0.25, 0.3) is 0 Å². The van der Waals surface area contributed by atoms with Crippen molar-refractivity contribution < 1.29 is 9.18 Å². The molecule has 3 aromatic rings. The van der Waals surface area contributed by atoms with E-state index in [1.807, 2.05) is 30.5 Å². The lowest BCUT2D eigenvalue weighted by Gasteiger charge is -2.09. The molecule has 4 nitrogen and oxygen atoms in total. The van der Waals surface area contributed by atoms with Gasteiger partial charge < -0.3 is 5.32 Å². The van der Waals surface area contributed by atoms with Crippen LogP contribution in [0.4, 0.5) is 10.1 Å². The number of aromatic nitrogens is 2. The quantitative estimate of drug-likeness (QED) is 0.787. The SMILES string of the molecule is O=C(Nc1cccc(Cn2cccn2)c1)c1ccc(F)cc1Cl. The predicted molar refractivity (Wildman–Crippen MR) is 87.1 cm³/mol. The third-order valence-corrected chi connectivity index (χ3v) is 3.58. The van der Waals surface area contributed by atoms with Gasteiger partial charge in [-0.2, -0.15) is 5.10 Å². The molecule has 23 heavy (non-hydrogen) atoms. The molecule has 1 N–H and O–H groups in total. The first kappa shape index (κ1) is 15.2. The number of carbonyl (C=O) groups excluding carboxylic acids is 1. The molecule has 0 spiro atoms. The zero-order chi connectivity index (χ0) is 16.2. The Morgan fingerprint density at radius 3 is 2.83 bits per heavy atom. The third kappa shape index (κ3) is 3.76. The van der Waals surface area contributed by atoms with E-state index in [1.54, 1.807) is 16.9 Å². The van der Waals surface area contributed by atoms with E-state index in [0.717, 1.165) is 11.6 Å². The molecule has 6 heteroatoms. The molecule has 3 rings (SSSR count). The van der Waals surface area contributed by atoms with Crippen LogP contribution in [0.15, 0.2) is 60.9 Å². The summed E-state index contributed by atoms with van der Waals surface area (Å²) < 4.78 is 14.8. The second kappa shape index (κ2) is 6.62. The fourth-order valence-corrected chi connectivity index (χ4v) is 2.45. The lowest BCUT2D eigenvalue weighted by Crippen LogP contribution is -2.13. The van der Waals surface area contributed by atoms with Crippen molar-refractivity contribution in [1.82, 2.24) is 9.78 Å². The van der Waals surface area contributed by atoms with Crippen molar-refractivity contribution >= 4 is 23.2 Å². The van der Waals surface area contributed by atoms with Crippen molar-refractivity contribution in [3.63, 3.8) is 0 Å². The van der Waals surface area contributed by atoms with Crippen LogP contribution >= 0.6 is 11.6 Å². The number of nitrogens with one attached hydrogen (secondary N) is 1. The second-order valence-electron chi connectivity index (χ2n) is 4.98. The van der Waals surface area contributed by atoms with Gasteiger partial charge >= 0.3 is 0 Å². The normalized spacial score (nSPS) is 10.5. The van der Waals surface area contributed by atoms with Crippen LogP contribution in [0.2, 0.25) is 5.02 Å². The molecule has 0 atom stereocenters. The van der Waals surface area contributed by atoms with E-state index in [9.17, 15) is 9.18 Å². The van der Waals surface area contributed by atoms with Crippen molar-refractivity contribution in [2.75, 3.05) is 5.32 Å². The van der Waals surface area contributed by atoms with E-state index in [4.69, 9.17) is 11.6 Å². The first-order valence-corrected chi connectivity index (χ1v) is 7.32. The van der Waals surface area contributed by atoms with Crippen LogP contribution in [0.5, 0.6) is 0 Å². The summed E-state index contributed by atoms with van der Waals surface area (Å²) in [5.74, 6) is -0.862. The average Bonchev–Trinajstić information content (AvgIpc) is 3.00. The Morgan fingerprint density at radius 2 is 2.09 bits per heavy atom. The fourth-order valence-electron chi connectivity index (χ4n) is 2.20. The summed E-state index contributed by atoms with van der Waals surface area (Å²) in [6.45, 7) is 0.605. The highest BCUT2D eigenvalue weighted by molar-refractivity contribution is 6.34. The minimum absolute atomic E-state index is 0.0789. The molecule has 0 saturated carbocycles. The number of hydrogen-bond donors (Lipinski definition) is 1. The highest BCUT2D eigenvalue weighted by Crippen LogP contribution is 2.19. The van der Waals surface area contributed by atoms with Gasteiger partial charge in [-0.1, -0.05) is 23.7 Å². The van der Waals surface area contributed by atoms with Crippen molar-refractivity contribution in [3.05, 3.63) is 82.9 Å². The largest absolute Gasteiger partial charge is 0.322 e. The number of nitrogens with zero attached hydrogens (tertiary/aromatic N) is 2.